The lowest BCUT2D eigenvalue weighted by Crippen LogP contribution is -2.69. The van der Waals surface area contributed by atoms with Gasteiger partial charge >= 0.3 is 6.09 Å². The van der Waals surface area contributed by atoms with E-state index in [4.69, 9.17) is 33.7 Å². The highest BCUT2D eigenvalue weighted by Crippen LogP contribution is 2.62. The molecule has 0 bridgehead atoms. The number of hydrogen-bond acceptors (Lipinski definition) is 11. The fraction of sp³-hybridized carbons (Fsp3) is 0.655. The lowest BCUT2D eigenvalue weighted by Gasteiger charge is -2.59. The minimum atomic E-state index is -1.41. The molecule has 0 spiro atoms. The van der Waals surface area contributed by atoms with Crippen molar-refractivity contribution in [2.75, 3.05) is 47.1 Å². The summed E-state index contributed by atoms with van der Waals surface area (Å²) in [6.07, 6.45) is 22.7. The fourth-order valence-corrected chi connectivity index (χ4v) is 10.9. The number of rotatable bonds is 29. The third kappa shape index (κ3) is 14.1. The van der Waals surface area contributed by atoms with Gasteiger partial charge in [-0.2, -0.15) is 0 Å². The lowest BCUT2D eigenvalue weighted by molar-refractivity contribution is -0.255. The standard InChI is InChI=1S/C55H81N3O10/c1-5-7-8-9-10-11-12-13-14-18-30-56-54(62)66-43-28-29-48-46(38-43)52-44(26-16-20-32-60)41(24-15-19-31-59)37-45-47(57-68-51-27-17-21-34-64-51)39-49(55(67-48,53(45)52)65-33-6-2)58(3)50(61)36-40-23-22-25-42(35-40)63-4/h6,22-23,25,28-29,35,37-38,41,44,49,51-53,59-60H,2,5,7-21,24,26-27,30-34,36,39H2,1,3-4H3,(H,56,62)/t41-,44+,49-,51?,52+,53+,55+/m0/s1. The van der Waals surface area contributed by atoms with Crippen molar-refractivity contribution in [1.82, 2.24) is 10.2 Å². The Morgan fingerprint density at radius 1 is 0.926 bits per heavy atom. The van der Waals surface area contributed by atoms with Crippen LogP contribution in [0.5, 0.6) is 17.2 Å². The quantitative estimate of drug-likeness (QED) is 0.0407. The van der Waals surface area contributed by atoms with Crippen LogP contribution >= 0.6 is 0 Å². The number of amides is 2. The van der Waals surface area contributed by atoms with Crippen molar-refractivity contribution in [2.24, 2.45) is 22.9 Å². The van der Waals surface area contributed by atoms with Crippen molar-refractivity contribution < 1.29 is 48.3 Å². The number of allylic oxidation sites excluding steroid dienone is 1. The van der Waals surface area contributed by atoms with E-state index in [9.17, 15) is 19.8 Å². The largest absolute Gasteiger partial charge is 0.497 e. The summed E-state index contributed by atoms with van der Waals surface area (Å²) in [4.78, 5) is 36.0. The zero-order chi connectivity index (χ0) is 48.1. The van der Waals surface area contributed by atoms with Gasteiger partial charge in [0.05, 0.1) is 38.4 Å². The number of hydrogen-bond donors (Lipinski definition) is 3. The van der Waals surface area contributed by atoms with Crippen LogP contribution in [0.25, 0.3) is 0 Å². The van der Waals surface area contributed by atoms with E-state index in [0.29, 0.717) is 49.0 Å². The fourth-order valence-electron chi connectivity index (χ4n) is 10.9. The number of nitrogens with one attached hydrogen (secondary N) is 1. The predicted octanol–water partition coefficient (Wildman–Crippen LogP) is 10.6. The molecule has 3 N–H and O–H groups in total. The molecule has 0 radical (unpaired) electrons. The van der Waals surface area contributed by atoms with E-state index in [1.54, 1.807) is 24.2 Å². The lowest BCUT2D eigenvalue weighted by atomic mass is 9.55. The summed E-state index contributed by atoms with van der Waals surface area (Å²) in [6.45, 7) is 7.74. The van der Waals surface area contributed by atoms with Crippen LogP contribution in [0.3, 0.4) is 0 Å². The normalized spacial score (nSPS) is 24.5. The monoisotopic (exact) mass is 944 g/mol. The minimum absolute atomic E-state index is 0.0177. The summed E-state index contributed by atoms with van der Waals surface area (Å²) < 4.78 is 31.9. The number of aliphatic hydroxyl groups excluding tert-OH is 2. The number of likely N-dealkylation sites (N-methyl/N-ethyl adjacent to an activating group) is 1. The van der Waals surface area contributed by atoms with Gasteiger partial charge < -0.3 is 49.0 Å². The van der Waals surface area contributed by atoms with Crippen LogP contribution < -0.4 is 19.5 Å². The second-order valence-corrected chi connectivity index (χ2v) is 19.2. The third-order valence-electron chi connectivity index (χ3n) is 14.4. The highest BCUT2D eigenvalue weighted by atomic mass is 16.8. The van der Waals surface area contributed by atoms with Crippen LogP contribution in [0.2, 0.25) is 0 Å². The van der Waals surface area contributed by atoms with E-state index in [1.807, 2.05) is 43.4 Å². The van der Waals surface area contributed by atoms with Crippen molar-refractivity contribution in [3.63, 3.8) is 0 Å². The van der Waals surface area contributed by atoms with E-state index in [2.05, 4.69) is 24.9 Å². The Morgan fingerprint density at radius 2 is 1.68 bits per heavy atom. The first-order valence-electron chi connectivity index (χ1n) is 26.0. The van der Waals surface area contributed by atoms with Gasteiger partial charge in [-0.3, -0.25) is 4.79 Å². The number of oxime groups is 1. The molecule has 68 heavy (non-hydrogen) atoms. The maximum Gasteiger partial charge on any atom is 0.412 e. The molecule has 2 aliphatic heterocycles. The van der Waals surface area contributed by atoms with Crippen LogP contribution in [0.1, 0.15) is 152 Å². The number of nitrogens with zero attached hydrogens (tertiary/aromatic N) is 2. The average molecular weight is 944 g/mol. The highest BCUT2D eigenvalue weighted by Gasteiger charge is 2.65. The number of fused-ring (bicyclic) bond motifs is 2. The number of unbranched alkanes of at least 4 members (excludes halogenated alkanes) is 11. The zero-order valence-corrected chi connectivity index (χ0v) is 41.3. The molecule has 7 atom stereocenters. The van der Waals surface area contributed by atoms with E-state index in [-0.39, 0.29) is 56.3 Å². The Kier molecular flexibility index (Phi) is 21.5. The molecule has 13 heteroatoms. The first kappa shape index (κ1) is 52.9. The van der Waals surface area contributed by atoms with Crippen molar-refractivity contribution in [3.05, 3.63) is 77.9 Å². The van der Waals surface area contributed by atoms with Gasteiger partial charge in [-0.1, -0.05) is 107 Å². The predicted molar refractivity (Wildman–Crippen MR) is 265 cm³/mol. The van der Waals surface area contributed by atoms with Gasteiger partial charge in [0.15, 0.2) is 0 Å². The maximum atomic E-state index is 14.6. The van der Waals surface area contributed by atoms with Crippen molar-refractivity contribution >= 4 is 17.7 Å². The first-order valence-corrected chi connectivity index (χ1v) is 26.0. The van der Waals surface area contributed by atoms with Gasteiger partial charge in [0, 0.05) is 51.1 Å². The molecule has 2 aromatic carbocycles. The van der Waals surface area contributed by atoms with Gasteiger partial charge in [-0.15, -0.1) is 6.58 Å². The molecule has 0 aromatic heterocycles. The Morgan fingerprint density at radius 3 is 2.38 bits per heavy atom. The Bertz CT molecular complexity index is 1950. The van der Waals surface area contributed by atoms with E-state index >= 15 is 0 Å². The molecule has 1 saturated carbocycles. The van der Waals surface area contributed by atoms with Gasteiger partial charge in [-0.25, -0.2) is 4.79 Å². The third-order valence-corrected chi connectivity index (χ3v) is 14.4. The Hall–Kier alpha value is -4.43. The number of ether oxygens (including phenoxy) is 5. The minimum Gasteiger partial charge on any atom is -0.497 e. The van der Waals surface area contributed by atoms with Crippen LogP contribution in [0, 0.1) is 17.8 Å². The first-order chi connectivity index (χ1) is 33.3. The topological polar surface area (TPSA) is 158 Å². The van der Waals surface area contributed by atoms with Crippen LogP contribution in [-0.2, 0) is 25.5 Å². The highest BCUT2D eigenvalue weighted by molar-refractivity contribution is 6.03. The molecule has 4 aliphatic rings. The Balaban J connectivity index is 1.36. The molecular weight excluding hydrogens is 863 g/mol. The van der Waals surface area contributed by atoms with Gasteiger partial charge in [0.2, 0.25) is 18.0 Å². The van der Waals surface area contributed by atoms with Gasteiger partial charge in [-0.05, 0) is 98.2 Å². The van der Waals surface area contributed by atoms with E-state index in [0.717, 1.165) is 80.9 Å². The van der Waals surface area contributed by atoms with E-state index < -0.39 is 30.1 Å². The molecule has 2 amide bonds. The summed E-state index contributed by atoms with van der Waals surface area (Å²) in [5.41, 5.74) is 3.31. The van der Waals surface area contributed by atoms with Gasteiger partial charge in [0.1, 0.15) is 23.3 Å². The van der Waals surface area contributed by atoms with Crippen LogP contribution in [0.15, 0.2) is 71.9 Å². The number of benzene rings is 2. The van der Waals surface area contributed by atoms with Crippen LogP contribution in [0.4, 0.5) is 4.79 Å². The van der Waals surface area contributed by atoms with Crippen LogP contribution in [-0.4, -0.2) is 98.1 Å². The smallest absolute Gasteiger partial charge is 0.412 e. The van der Waals surface area contributed by atoms with Crippen molar-refractivity contribution in [1.29, 1.82) is 0 Å². The van der Waals surface area contributed by atoms with Crippen molar-refractivity contribution in [2.45, 2.75) is 166 Å². The summed E-state index contributed by atoms with van der Waals surface area (Å²) in [6, 6.07) is 12.4. The number of methoxy groups -OCH3 is 1. The second kappa shape index (κ2) is 27.7. The van der Waals surface area contributed by atoms with E-state index in [1.165, 1.54) is 44.9 Å². The zero-order valence-electron chi connectivity index (χ0n) is 41.3. The number of aliphatic hydroxyl groups is 2. The average Bonchev–Trinajstić information content (AvgIpc) is 3.35. The number of carbonyl (C=O) groups is 2. The molecule has 376 valence electrons. The SMILES string of the molecule is C=CCO[C@@]12Oc3ccc(OC(=O)NCCCCCCCCCCCC)cc3[C@H]3[C@H](CCCCO)[C@@H](CCCCO)C=C(C(=NOC4CCCCO4)C[C@@H]1N(C)C(=O)Cc1cccc(OC)c1)[C@H]32. The van der Waals surface area contributed by atoms with Gasteiger partial charge in [0.25, 0.3) is 0 Å². The molecule has 2 heterocycles. The summed E-state index contributed by atoms with van der Waals surface area (Å²) in [5, 5.41) is 27.9. The molecule has 6 rings (SSSR count). The summed E-state index contributed by atoms with van der Waals surface area (Å²) in [7, 11) is 3.42. The molecule has 13 nitrogen and oxygen atoms in total. The number of carbonyl (C=O) groups excluding carboxylic acids is 2. The molecule has 2 aliphatic carbocycles. The molecule has 1 unspecified atom stereocenters. The summed E-state index contributed by atoms with van der Waals surface area (Å²) in [5.74, 6) is -0.579. The van der Waals surface area contributed by atoms with Crippen molar-refractivity contribution in [3.8, 4) is 17.2 Å². The Labute approximate surface area is 406 Å². The maximum absolute atomic E-state index is 14.6. The second-order valence-electron chi connectivity index (χ2n) is 19.2. The molecule has 1 saturated heterocycles. The molecule has 2 fully saturated rings. The molecular formula is C55H81N3O10. The molecule has 2 aromatic rings. The summed E-state index contributed by atoms with van der Waals surface area (Å²) >= 11 is 0.